The molecule has 8 aromatic rings. The summed E-state index contributed by atoms with van der Waals surface area (Å²) in [6.45, 7) is 10.8. The van der Waals surface area contributed by atoms with Crippen LogP contribution in [0.15, 0.2) is 140 Å². The van der Waals surface area contributed by atoms with Gasteiger partial charge in [0.1, 0.15) is 5.69 Å². The number of para-hydroxylation sites is 3. The molecule has 0 atom stereocenters. The molecular formula is C44H33N3. The maximum Gasteiger partial charge on any atom is 0.165 e. The Balaban J connectivity index is 1.37. The van der Waals surface area contributed by atoms with E-state index in [0.717, 1.165) is 50.3 Å². The molecule has 2 heterocycles. The number of rotatable bonds is 4. The topological polar surface area (TPSA) is 30.7 Å². The number of benzene rings is 6. The van der Waals surface area contributed by atoms with Gasteiger partial charge in [-0.05, 0) is 81.4 Å². The Bertz CT molecular complexity index is 2620. The van der Waals surface area contributed by atoms with E-state index in [2.05, 4.69) is 134 Å². The predicted molar refractivity (Wildman–Crippen MR) is 198 cm³/mol. The third kappa shape index (κ3) is 3.93. The summed E-state index contributed by atoms with van der Waals surface area (Å²) in [4.78, 5) is 10.6. The van der Waals surface area contributed by atoms with Gasteiger partial charge in [-0.2, -0.15) is 0 Å². The fourth-order valence-corrected chi connectivity index (χ4v) is 7.76. The Morgan fingerprint density at radius 1 is 0.681 bits per heavy atom. The Morgan fingerprint density at radius 2 is 1.38 bits per heavy atom. The summed E-state index contributed by atoms with van der Waals surface area (Å²) in [6, 6.07) is 43.7. The third-order valence-corrected chi connectivity index (χ3v) is 10.1. The number of hydrogen-bond acceptors (Lipinski definition) is 2. The number of hydrogen-bond donors (Lipinski definition) is 0. The first kappa shape index (κ1) is 27.5. The molecule has 2 aromatic heterocycles. The molecule has 1 aliphatic rings. The summed E-state index contributed by atoms with van der Waals surface area (Å²) in [7, 11) is 0. The van der Waals surface area contributed by atoms with Gasteiger partial charge in [-0.1, -0.05) is 124 Å². The van der Waals surface area contributed by atoms with Crippen molar-refractivity contribution in [1.82, 2.24) is 14.5 Å². The van der Waals surface area contributed by atoms with E-state index in [1.807, 2.05) is 31.2 Å². The van der Waals surface area contributed by atoms with Gasteiger partial charge >= 0.3 is 0 Å². The third-order valence-electron chi connectivity index (χ3n) is 10.1. The Morgan fingerprint density at radius 3 is 2.15 bits per heavy atom. The van der Waals surface area contributed by atoms with Crippen LogP contribution in [0, 0.1) is 0 Å². The van der Waals surface area contributed by atoms with E-state index in [1.165, 1.54) is 43.8 Å². The highest BCUT2D eigenvalue weighted by Crippen LogP contribution is 2.53. The van der Waals surface area contributed by atoms with E-state index in [1.54, 1.807) is 0 Å². The van der Waals surface area contributed by atoms with E-state index in [4.69, 9.17) is 9.97 Å². The molecule has 0 unspecified atom stereocenters. The number of allylic oxidation sites excluding steroid dienone is 3. The lowest BCUT2D eigenvalue weighted by Crippen LogP contribution is -2.15. The minimum absolute atomic E-state index is 0.159. The van der Waals surface area contributed by atoms with Gasteiger partial charge in [0.25, 0.3) is 0 Å². The van der Waals surface area contributed by atoms with Gasteiger partial charge in [-0.15, -0.1) is 0 Å². The summed E-state index contributed by atoms with van der Waals surface area (Å²) in [6.07, 6.45) is 3.98. The van der Waals surface area contributed by atoms with Crippen LogP contribution in [0.5, 0.6) is 0 Å². The maximum absolute atomic E-state index is 5.37. The van der Waals surface area contributed by atoms with Crippen molar-refractivity contribution in [1.29, 1.82) is 0 Å². The second kappa shape index (κ2) is 10.1. The van der Waals surface area contributed by atoms with Crippen LogP contribution in [0.2, 0.25) is 0 Å². The average Bonchev–Trinajstić information content (AvgIpc) is 3.55. The van der Waals surface area contributed by atoms with Crippen molar-refractivity contribution in [2.45, 2.75) is 26.2 Å². The molecule has 9 rings (SSSR count). The molecule has 1 aliphatic carbocycles. The molecule has 0 fully saturated rings. The molecule has 47 heavy (non-hydrogen) atoms. The minimum atomic E-state index is -0.159. The molecule has 6 aromatic carbocycles. The van der Waals surface area contributed by atoms with Gasteiger partial charge in [0.2, 0.25) is 0 Å². The van der Waals surface area contributed by atoms with Gasteiger partial charge in [0.15, 0.2) is 5.82 Å². The number of nitrogens with zero attached hydrogens (tertiary/aromatic N) is 3. The highest BCUT2D eigenvalue weighted by atomic mass is 15.1. The summed E-state index contributed by atoms with van der Waals surface area (Å²) in [5.74, 6) is 0.830. The number of fused-ring (bicyclic) bond motifs is 9. The molecule has 0 saturated carbocycles. The lowest BCUT2D eigenvalue weighted by atomic mass is 9.82. The molecular weight excluding hydrogens is 571 g/mol. The summed E-state index contributed by atoms with van der Waals surface area (Å²) in [5, 5.41) is 5.00. The van der Waals surface area contributed by atoms with Gasteiger partial charge in [-0.25, -0.2) is 9.97 Å². The first-order valence-electron chi connectivity index (χ1n) is 16.2. The van der Waals surface area contributed by atoms with Gasteiger partial charge in [0.05, 0.1) is 22.1 Å². The van der Waals surface area contributed by atoms with Gasteiger partial charge < -0.3 is 0 Å². The van der Waals surface area contributed by atoms with E-state index in [0.29, 0.717) is 0 Å². The maximum atomic E-state index is 5.37. The Labute approximate surface area is 274 Å². The highest BCUT2D eigenvalue weighted by Gasteiger charge is 2.37. The zero-order valence-corrected chi connectivity index (χ0v) is 26.8. The Hall–Kier alpha value is -5.80. The van der Waals surface area contributed by atoms with Crippen molar-refractivity contribution in [3.63, 3.8) is 0 Å². The fraction of sp³-hybridized carbons (Fsp3) is 0.0909. The van der Waals surface area contributed by atoms with E-state index < -0.39 is 0 Å². The lowest BCUT2D eigenvalue weighted by molar-refractivity contribution is 0.661. The Kier molecular flexibility index (Phi) is 5.91. The highest BCUT2D eigenvalue weighted by molar-refractivity contribution is 6.13. The molecule has 0 spiro atoms. The molecule has 0 aliphatic heterocycles. The predicted octanol–water partition coefficient (Wildman–Crippen LogP) is 11.4. The molecule has 3 nitrogen and oxygen atoms in total. The zero-order valence-electron chi connectivity index (χ0n) is 26.8. The van der Waals surface area contributed by atoms with E-state index in [9.17, 15) is 0 Å². The largest absolute Gasteiger partial charge is 0.292 e. The van der Waals surface area contributed by atoms with Crippen molar-refractivity contribution in [3.8, 4) is 28.2 Å². The zero-order chi connectivity index (χ0) is 31.9. The second-order valence-electron chi connectivity index (χ2n) is 13.0. The number of aromatic nitrogens is 3. The lowest BCUT2D eigenvalue weighted by Gasteiger charge is -2.22. The average molecular weight is 604 g/mol. The molecule has 0 bridgehead atoms. The van der Waals surface area contributed by atoms with Crippen molar-refractivity contribution >= 4 is 49.2 Å². The quantitative estimate of drug-likeness (QED) is 0.187. The monoisotopic (exact) mass is 603 g/mol. The summed E-state index contributed by atoms with van der Waals surface area (Å²) < 4.78 is 2.34. The van der Waals surface area contributed by atoms with Crippen LogP contribution >= 0.6 is 0 Å². The second-order valence-corrected chi connectivity index (χ2v) is 13.0. The summed E-state index contributed by atoms with van der Waals surface area (Å²) in [5.41, 5.74) is 13.3. The van der Waals surface area contributed by atoms with E-state index >= 15 is 0 Å². The van der Waals surface area contributed by atoms with Crippen molar-refractivity contribution in [2.75, 3.05) is 0 Å². The first-order valence-corrected chi connectivity index (χ1v) is 16.2. The van der Waals surface area contributed by atoms with Crippen LogP contribution in [0.1, 0.15) is 37.5 Å². The van der Waals surface area contributed by atoms with Crippen molar-refractivity contribution in [2.24, 2.45) is 0 Å². The van der Waals surface area contributed by atoms with Crippen LogP contribution in [0.4, 0.5) is 0 Å². The standard InChI is InChI=1S/C44H33N3/c1-5-27(6-2)28-19-21-30(22-20-28)42-43(46-38-17-11-10-16-37(38)45-42)47-39-18-12-9-15-32(39)33-25-34-36(26-40(33)47)44(3,4)35-24-23-29-13-7-8-14-31(29)41(34)35/h5-26H,1H2,2-4H3/b27-6+. The van der Waals surface area contributed by atoms with Crippen LogP contribution in [0.25, 0.3) is 77.4 Å². The smallest absolute Gasteiger partial charge is 0.165 e. The minimum Gasteiger partial charge on any atom is -0.292 e. The molecule has 3 heteroatoms. The van der Waals surface area contributed by atoms with Crippen molar-refractivity contribution < 1.29 is 0 Å². The van der Waals surface area contributed by atoms with Gasteiger partial charge in [-0.3, -0.25) is 4.57 Å². The fourth-order valence-electron chi connectivity index (χ4n) is 7.76. The normalized spacial score (nSPS) is 13.8. The SMILES string of the molecule is C=C/C(=C\C)c1ccc(-c2nc3ccccc3nc2-n2c3ccccc3c3cc4c(cc32)C(C)(C)c2ccc3ccccc3c2-4)cc1. The molecule has 0 N–H and O–H groups in total. The molecule has 224 valence electrons. The van der Waals surface area contributed by atoms with Crippen LogP contribution in [-0.2, 0) is 5.41 Å². The van der Waals surface area contributed by atoms with Crippen molar-refractivity contribution in [3.05, 3.63) is 157 Å². The first-order chi connectivity index (χ1) is 23.0. The van der Waals surface area contributed by atoms with Crippen LogP contribution in [-0.4, -0.2) is 14.5 Å². The summed E-state index contributed by atoms with van der Waals surface area (Å²) >= 11 is 0. The molecule has 0 amide bonds. The van der Waals surface area contributed by atoms with Crippen LogP contribution < -0.4 is 0 Å². The van der Waals surface area contributed by atoms with Gasteiger partial charge in [0, 0.05) is 21.8 Å². The van der Waals surface area contributed by atoms with Crippen LogP contribution in [0.3, 0.4) is 0 Å². The molecule has 0 radical (unpaired) electrons. The van der Waals surface area contributed by atoms with E-state index in [-0.39, 0.29) is 5.41 Å². The molecule has 0 saturated heterocycles.